The van der Waals surface area contributed by atoms with Gasteiger partial charge in [0, 0.05) is 0 Å². The molecule has 2 rings (SSSR count). The quantitative estimate of drug-likeness (QED) is 0.683. The van der Waals surface area contributed by atoms with Crippen molar-refractivity contribution < 1.29 is 17.4 Å². The number of hydrogen-bond donors (Lipinski definition) is 0. The number of fused-ring (bicyclic) bond motifs is 1. The van der Waals surface area contributed by atoms with Crippen molar-refractivity contribution in [1.29, 1.82) is 0 Å². The zero-order valence-electron chi connectivity index (χ0n) is 6.30. The minimum Gasteiger partial charge on any atom is -0.426 e. The van der Waals surface area contributed by atoms with Crippen LogP contribution in [0.5, 0.6) is 0 Å². The Bertz CT molecular complexity index is 509. The molecule has 1 radical (unpaired) electrons. The Morgan fingerprint density at radius 3 is 2.54 bits per heavy atom. The van der Waals surface area contributed by atoms with Gasteiger partial charge in [0.25, 0.3) is 0 Å². The smallest absolute Gasteiger partial charge is 0.377 e. The second-order valence-electron chi connectivity index (χ2n) is 2.40. The molecular formula is C7H4NO4S. The maximum absolute atomic E-state index is 10.5. The number of nitrogens with zero attached hydrogens (tertiary/aromatic N) is 1. The van der Waals surface area contributed by atoms with Gasteiger partial charge in [-0.3, -0.25) is 0 Å². The summed E-state index contributed by atoms with van der Waals surface area (Å²) in [4.78, 5) is 3.52. The van der Waals surface area contributed by atoms with E-state index in [1.54, 1.807) is 18.2 Å². The summed E-state index contributed by atoms with van der Waals surface area (Å²) in [5.74, 6) is 0. The molecule has 0 spiro atoms. The molecule has 0 N–H and O–H groups in total. The van der Waals surface area contributed by atoms with Crippen molar-refractivity contribution in [2.45, 2.75) is 5.22 Å². The third-order valence-electron chi connectivity index (χ3n) is 1.49. The molecule has 1 aromatic heterocycles. The van der Waals surface area contributed by atoms with Crippen LogP contribution >= 0.6 is 0 Å². The van der Waals surface area contributed by atoms with E-state index in [2.05, 4.69) is 4.98 Å². The van der Waals surface area contributed by atoms with Gasteiger partial charge in [0.15, 0.2) is 5.58 Å². The molecular weight excluding hydrogens is 194 g/mol. The van der Waals surface area contributed by atoms with E-state index in [1.807, 2.05) is 0 Å². The second-order valence-corrected chi connectivity index (χ2v) is 3.66. The Labute approximate surface area is 73.8 Å². The van der Waals surface area contributed by atoms with Crippen molar-refractivity contribution in [2.24, 2.45) is 0 Å². The molecule has 13 heavy (non-hydrogen) atoms. The van der Waals surface area contributed by atoms with Crippen molar-refractivity contribution in [3.63, 3.8) is 0 Å². The highest BCUT2D eigenvalue weighted by molar-refractivity contribution is 7.85. The van der Waals surface area contributed by atoms with E-state index in [1.165, 1.54) is 6.07 Å². The van der Waals surface area contributed by atoms with Crippen molar-refractivity contribution >= 4 is 21.2 Å². The van der Waals surface area contributed by atoms with Crippen LogP contribution in [0.4, 0.5) is 0 Å². The standard InChI is InChI=1S/C7H4NO4S/c9-13(10,11)7-8-5-3-1-2-4-6(5)12-7/h1-4H. The summed E-state index contributed by atoms with van der Waals surface area (Å²) in [7, 11) is -4.59. The van der Waals surface area contributed by atoms with Gasteiger partial charge in [-0.25, -0.2) is 0 Å². The summed E-state index contributed by atoms with van der Waals surface area (Å²) >= 11 is 0. The first-order valence-corrected chi connectivity index (χ1v) is 4.80. The lowest BCUT2D eigenvalue weighted by Crippen LogP contribution is -1.95. The van der Waals surface area contributed by atoms with Crippen molar-refractivity contribution in [2.75, 3.05) is 0 Å². The SMILES string of the molecule is [O]S(=O)(=O)c1nc2ccccc2o1. The molecule has 1 heterocycles. The Hall–Kier alpha value is -1.40. The van der Waals surface area contributed by atoms with Gasteiger partial charge in [0.1, 0.15) is 5.52 Å². The third kappa shape index (κ3) is 1.41. The summed E-state index contributed by atoms with van der Waals surface area (Å²) in [6.07, 6.45) is 0. The Morgan fingerprint density at radius 2 is 1.92 bits per heavy atom. The predicted octanol–water partition coefficient (Wildman–Crippen LogP) is 0.947. The normalized spacial score (nSPS) is 12.1. The number of aromatic nitrogens is 1. The minimum atomic E-state index is -4.59. The monoisotopic (exact) mass is 198 g/mol. The number of para-hydroxylation sites is 2. The number of rotatable bonds is 1. The molecule has 0 saturated heterocycles. The Balaban J connectivity index is 2.77. The maximum atomic E-state index is 10.5. The molecule has 0 atom stereocenters. The first-order chi connectivity index (χ1) is 6.07. The zero-order valence-corrected chi connectivity index (χ0v) is 7.11. The van der Waals surface area contributed by atoms with Crippen molar-refractivity contribution in [1.82, 2.24) is 4.98 Å². The highest BCUT2D eigenvalue weighted by Crippen LogP contribution is 2.17. The predicted molar refractivity (Wildman–Crippen MR) is 41.9 cm³/mol. The lowest BCUT2D eigenvalue weighted by atomic mass is 10.3. The van der Waals surface area contributed by atoms with Crippen LogP contribution in [0.15, 0.2) is 33.9 Å². The molecule has 0 bridgehead atoms. The molecule has 0 aliphatic rings. The van der Waals surface area contributed by atoms with E-state index >= 15 is 0 Å². The van der Waals surface area contributed by atoms with Gasteiger partial charge >= 0.3 is 15.3 Å². The lowest BCUT2D eigenvalue weighted by Gasteiger charge is -1.81. The van der Waals surface area contributed by atoms with Crippen LogP contribution in [0.25, 0.3) is 11.1 Å². The van der Waals surface area contributed by atoms with Gasteiger partial charge in [-0.2, -0.15) is 13.4 Å². The molecule has 0 amide bonds. The van der Waals surface area contributed by atoms with Crippen LogP contribution in [0, 0.1) is 0 Å². The average molecular weight is 198 g/mol. The van der Waals surface area contributed by atoms with E-state index < -0.39 is 15.3 Å². The highest BCUT2D eigenvalue weighted by Gasteiger charge is 2.19. The van der Waals surface area contributed by atoms with Crippen LogP contribution in [0.2, 0.25) is 0 Å². The Kier molecular flexibility index (Phi) is 1.61. The van der Waals surface area contributed by atoms with Gasteiger partial charge in [-0.05, 0) is 12.1 Å². The van der Waals surface area contributed by atoms with Gasteiger partial charge in [-0.15, -0.1) is 0 Å². The number of hydrogen-bond acceptors (Lipinski definition) is 4. The summed E-state index contributed by atoms with van der Waals surface area (Å²) in [5, 5.41) is -0.784. The van der Waals surface area contributed by atoms with Crippen LogP contribution in [-0.2, 0) is 14.7 Å². The average Bonchev–Trinajstić information content (AvgIpc) is 2.45. The molecule has 0 aliphatic carbocycles. The molecule has 0 aliphatic heterocycles. The van der Waals surface area contributed by atoms with Gasteiger partial charge in [0.2, 0.25) is 0 Å². The second kappa shape index (κ2) is 2.54. The summed E-state index contributed by atoms with van der Waals surface area (Å²) in [6.45, 7) is 0. The topological polar surface area (TPSA) is 80.1 Å². The fraction of sp³-hybridized carbons (Fsp3) is 0. The summed E-state index contributed by atoms with van der Waals surface area (Å²) < 4.78 is 36.2. The fourth-order valence-electron chi connectivity index (χ4n) is 0.958. The van der Waals surface area contributed by atoms with E-state index in [0.29, 0.717) is 5.52 Å². The highest BCUT2D eigenvalue weighted by atomic mass is 32.2. The number of oxazole rings is 1. The van der Waals surface area contributed by atoms with Crippen LogP contribution in [0.3, 0.4) is 0 Å². The first-order valence-electron chi connectivity index (χ1n) is 3.39. The molecule has 67 valence electrons. The molecule has 2 aromatic rings. The summed E-state index contributed by atoms with van der Waals surface area (Å²) in [6, 6.07) is 6.44. The lowest BCUT2D eigenvalue weighted by molar-refractivity contribution is 0.367. The largest absolute Gasteiger partial charge is 0.426 e. The van der Waals surface area contributed by atoms with Gasteiger partial charge in [-0.1, -0.05) is 16.7 Å². The van der Waals surface area contributed by atoms with E-state index in [-0.39, 0.29) is 5.58 Å². The molecule has 6 heteroatoms. The van der Waals surface area contributed by atoms with Crippen LogP contribution < -0.4 is 0 Å². The van der Waals surface area contributed by atoms with Gasteiger partial charge < -0.3 is 4.42 Å². The third-order valence-corrected chi connectivity index (χ3v) is 2.09. The first kappa shape index (κ1) is 8.21. The molecule has 0 saturated carbocycles. The van der Waals surface area contributed by atoms with Gasteiger partial charge in [0.05, 0.1) is 0 Å². The van der Waals surface area contributed by atoms with Crippen LogP contribution in [0.1, 0.15) is 0 Å². The summed E-state index contributed by atoms with van der Waals surface area (Å²) in [5.41, 5.74) is 0.647. The molecule has 0 fully saturated rings. The Morgan fingerprint density at radius 1 is 1.23 bits per heavy atom. The van der Waals surface area contributed by atoms with Crippen LogP contribution in [-0.4, -0.2) is 13.4 Å². The van der Waals surface area contributed by atoms with E-state index in [4.69, 9.17) is 4.42 Å². The maximum Gasteiger partial charge on any atom is 0.377 e. The molecule has 1 aromatic carbocycles. The minimum absolute atomic E-state index is 0.289. The van der Waals surface area contributed by atoms with Crippen molar-refractivity contribution in [3.05, 3.63) is 24.3 Å². The zero-order chi connectivity index (χ0) is 9.47. The van der Waals surface area contributed by atoms with Crippen molar-refractivity contribution in [3.8, 4) is 0 Å². The fourth-order valence-corrected chi connectivity index (χ4v) is 1.36. The van der Waals surface area contributed by atoms with E-state index in [9.17, 15) is 13.0 Å². The van der Waals surface area contributed by atoms with E-state index in [0.717, 1.165) is 0 Å². The molecule has 0 unspecified atom stereocenters. The number of benzene rings is 1. The molecule has 5 nitrogen and oxygen atoms in total.